The van der Waals surface area contributed by atoms with Crippen molar-refractivity contribution in [3.05, 3.63) is 65.4 Å². The van der Waals surface area contributed by atoms with Gasteiger partial charge in [-0.2, -0.15) is 0 Å². The summed E-state index contributed by atoms with van der Waals surface area (Å²) in [5.74, 6) is 0.877. The molecule has 7 nitrogen and oxygen atoms in total. The Morgan fingerprint density at radius 1 is 1.13 bits per heavy atom. The Balaban J connectivity index is 1.66. The number of methoxy groups -OCH3 is 1. The molecule has 1 atom stereocenters. The van der Waals surface area contributed by atoms with Gasteiger partial charge in [-0.3, -0.25) is 14.8 Å². The lowest BCUT2D eigenvalue weighted by molar-refractivity contribution is -0.119. The first-order valence-electron chi connectivity index (χ1n) is 13.6. The Bertz CT molecular complexity index is 1330. The highest BCUT2D eigenvalue weighted by atomic mass is 31.1. The van der Waals surface area contributed by atoms with E-state index in [0.717, 1.165) is 68.1 Å². The smallest absolute Gasteiger partial charge is 0.209 e. The van der Waals surface area contributed by atoms with E-state index in [1.807, 2.05) is 11.9 Å². The van der Waals surface area contributed by atoms with Crippen LogP contribution in [0.15, 0.2) is 43.0 Å². The molecule has 8 heteroatoms. The minimum atomic E-state index is -0.344. The molecule has 2 aromatic carbocycles. The number of amides is 1. The summed E-state index contributed by atoms with van der Waals surface area (Å²) in [4.78, 5) is 15.4. The lowest BCUT2D eigenvalue weighted by Gasteiger charge is -2.32. The van der Waals surface area contributed by atoms with Crippen LogP contribution in [-0.4, -0.2) is 67.8 Å². The molecule has 2 heterocycles. The largest absolute Gasteiger partial charge is 0.494 e. The van der Waals surface area contributed by atoms with Crippen molar-refractivity contribution in [3.8, 4) is 5.75 Å². The zero-order chi connectivity index (χ0) is 28.3. The number of nitrogens with zero attached hydrogens (tertiary/aromatic N) is 3. The molecule has 1 saturated heterocycles. The molecule has 1 aliphatic heterocycles. The Kier molecular flexibility index (Phi) is 9.05. The highest BCUT2D eigenvalue weighted by molar-refractivity contribution is 7.53. The average molecular weight is 550 g/mol. The van der Waals surface area contributed by atoms with Gasteiger partial charge in [-0.15, -0.1) is 0 Å². The van der Waals surface area contributed by atoms with Gasteiger partial charge in [0.1, 0.15) is 5.75 Å². The summed E-state index contributed by atoms with van der Waals surface area (Å²) in [5, 5.41) is 8.25. The molecule has 2 N–H and O–H groups in total. The molecule has 0 radical (unpaired) electrons. The van der Waals surface area contributed by atoms with Gasteiger partial charge in [-0.25, -0.2) is 0 Å². The molecule has 1 aromatic heterocycles. The van der Waals surface area contributed by atoms with Crippen LogP contribution >= 0.6 is 8.07 Å². The molecule has 3 aromatic rings. The van der Waals surface area contributed by atoms with Crippen molar-refractivity contribution >= 4 is 36.8 Å². The Hall–Kier alpha value is -2.86. The first-order chi connectivity index (χ1) is 18.5. The molecule has 39 heavy (non-hydrogen) atoms. The predicted octanol–water partition coefficient (Wildman–Crippen LogP) is 5.59. The van der Waals surface area contributed by atoms with Crippen molar-refractivity contribution in [1.82, 2.24) is 19.5 Å². The van der Waals surface area contributed by atoms with Gasteiger partial charge >= 0.3 is 0 Å². The second-order valence-corrected chi connectivity index (χ2v) is 13.7. The van der Waals surface area contributed by atoms with Crippen LogP contribution in [0, 0.1) is 0 Å². The number of piperazine rings is 1. The van der Waals surface area contributed by atoms with E-state index in [2.05, 4.69) is 97.3 Å². The normalized spacial score (nSPS) is 15.4. The number of aryl methyl sites for hydroxylation is 1. The van der Waals surface area contributed by atoms with Crippen LogP contribution in [0.5, 0.6) is 5.75 Å². The summed E-state index contributed by atoms with van der Waals surface area (Å²) in [6.07, 6.45) is 1.88. The number of benzene rings is 2. The van der Waals surface area contributed by atoms with Crippen LogP contribution in [-0.2, 0) is 30.0 Å². The maximum absolute atomic E-state index is 11.1. The SMILES string of the molecule is C=C(Nc1cc(C(C)(C)C)cc(CP(C)NC)c1OC)c1cc2cccc(CN3CCN(C=O)CC3)c2n1C. The summed E-state index contributed by atoms with van der Waals surface area (Å²) in [5.41, 5.74) is 7.80. The third-order valence-corrected chi connectivity index (χ3v) is 9.29. The Labute approximate surface area is 235 Å². The third kappa shape index (κ3) is 6.49. The number of hydrogen-bond donors (Lipinski definition) is 2. The van der Waals surface area contributed by atoms with Gasteiger partial charge in [0.2, 0.25) is 6.41 Å². The number of aromatic nitrogens is 1. The molecule has 1 unspecified atom stereocenters. The number of carbonyl (C=O) groups excluding carboxylic acids is 1. The number of hydrogen-bond acceptors (Lipinski definition) is 5. The average Bonchev–Trinajstić information content (AvgIpc) is 3.25. The van der Waals surface area contributed by atoms with Gasteiger partial charge in [0.25, 0.3) is 0 Å². The monoisotopic (exact) mass is 549 g/mol. The van der Waals surface area contributed by atoms with Crippen molar-refractivity contribution in [3.63, 3.8) is 0 Å². The lowest BCUT2D eigenvalue weighted by Crippen LogP contribution is -2.45. The quantitative estimate of drug-likeness (QED) is 0.255. The summed E-state index contributed by atoms with van der Waals surface area (Å²) < 4.78 is 8.22. The van der Waals surface area contributed by atoms with E-state index in [4.69, 9.17) is 4.74 Å². The third-order valence-electron chi connectivity index (χ3n) is 7.71. The topological polar surface area (TPSA) is 61.8 Å². The highest BCUT2D eigenvalue weighted by Crippen LogP contribution is 2.42. The summed E-state index contributed by atoms with van der Waals surface area (Å²) in [7, 11) is 5.54. The second-order valence-electron chi connectivity index (χ2n) is 11.5. The Morgan fingerprint density at radius 3 is 2.46 bits per heavy atom. The maximum Gasteiger partial charge on any atom is 0.209 e. The summed E-state index contributed by atoms with van der Waals surface area (Å²) >= 11 is 0. The fraction of sp³-hybridized carbons (Fsp3) is 0.452. The van der Waals surface area contributed by atoms with E-state index in [1.165, 1.54) is 27.6 Å². The standard InChI is InChI=1S/C31H44N5O2P/c1-22(33-27-18-26(31(2,3)4)16-25(30(27)38-7)20-39(8)32-5)28-17-23-10-9-11-24(29(23)34(28)6)19-35-12-14-36(21-37)15-13-35/h9-11,16-18,21,32-33H,1,12-15,19-20H2,2-8H3. The minimum absolute atomic E-state index is 0.000679. The van der Waals surface area contributed by atoms with Crippen LogP contribution in [0.4, 0.5) is 5.69 Å². The number of rotatable bonds is 10. The molecule has 1 amide bonds. The first-order valence-corrected chi connectivity index (χ1v) is 15.6. The van der Waals surface area contributed by atoms with Gasteiger partial charge in [0.15, 0.2) is 0 Å². The second kappa shape index (κ2) is 12.1. The zero-order valence-corrected chi connectivity index (χ0v) is 25.5. The van der Waals surface area contributed by atoms with Crippen LogP contribution in [0.2, 0.25) is 0 Å². The van der Waals surface area contributed by atoms with Crippen LogP contribution in [0.25, 0.3) is 16.6 Å². The van der Waals surface area contributed by atoms with Crippen LogP contribution in [0.1, 0.15) is 43.2 Å². The molecule has 1 fully saturated rings. The highest BCUT2D eigenvalue weighted by Gasteiger charge is 2.22. The Morgan fingerprint density at radius 2 is 1.85 bits per heavy atom. The number of para-hydroxylation sites is 1. The lowest BCUT2D eigenvalue weighted by atomic mass is 9.85. The van der Waals surface area contributed by atoms with E-state index in [-0.39, 0.29) is 13.5 Å². The van der Waals surface area contributed by atoms with E-state index < -0.39 is 0 Å². The van der Waals surface area contributed by atoms with Crippen LogP contribution in [0.3, 0.4) is 0 Å². The number of carbonyl (C=O) groups is 1. The number of ether oxygens (including phenoxy) is 1. The van der Waals surface area contributed by atoms with Gasteiger partial charge in [0, 0.05) is 56.9 Å². The van der Waals surface area contributed by atoms with Crippen LogP contribution < -0.4 is 15.1 Å². The number of nitrogens with one attached hydrogen (secondary N) is 2. The summed E-state index contributed by atoms with van der Waals surface area (Å²) in [6.45, 7) is 17.7. The molecule has 0 saturated carbocycles. The van der Waals surface area contributed by atoms with E-state index in [9.17, 15) is 4.79 Å². The van der Waals surface area contributed by atoms with E-state index in [1.54, 1.807) is 7.11 Å². The molecule has 1 aliphatic rings. The molecular formula is C31H44N5O2P. The minimum Gasteiger partial charge on any atom is -0.494 e. The first kappa shape index (κ1) is 29.1. The van der Waals surface area contributed by atoms with Gasteiger partial charge in [-0.1, -0.05) is 51.6 Å². The van der Waals surface area contributed by atoms with Gasteiger partial charge in [0.05, 0.1) is 29.7 Å². The molecule has 4 rings (SSSR count). The van der Waals surface area contributed by atoms with Crippen molar-refractivity contribution in [2.75, 3.05) is 52.3 Å². The van der Waals surface area contributed by atoms with E-state index in [0.29, 0.717) is 0 Å². The summed E-state index contributed by atoms with van der Waals surface area (Å²) in [6, 6.07) is 13.2. The van der Waals surface area contributed by atoms with E-state index >= 15 is 0 Å². The molecule has 210 valence electrons. The molecule has 0 bridgehead atoms. The van der Waals surface area contributed by atoms with Gasteiger partial charge < -0.3 is 19.5 Å². The number of fused-ring (bicyclic) bond motifs is 1. The van der Waals surface area contributed by atoms with Crippen molar-refractivity contribution < 1.29 is 9.53 Å². The maximum atomic E-state index is 11.1. The number of anilines is 1. The van der Waals surface area contributed by atoms with Crippen molar-refractivity contribution in [2.24, 2.45) is 7.05 Å². The zero-order valence-electron chi connectivity index (χ0n) is 24.6. The van der Waals surface area contributed by atoms with Crippen molar-refractivity contribution in [2.45, 2.75) is 38.9 Å². The molecular weight excluding hydrogens is 505 g/mol. The molecule has 0 aliphatic carbocycles. The van der Waals surface area contributed by atoms with Gasteiger partial charge in [-0.05, 0) is 50.5 Å². The predicted molar refractivity (Wildman–Crippen MR) is 166 cm³/mol. The molecule has 0 spiro atoms. The fourth-order valence-corrected chi connectivity index (χ4v) is 6.22. The van der Waals surface area contributed by atoms with Crippen molar-refractivity contribution in [1.29, 1.82) is 0 Å². The fourth-order valence-electron chi connectivity index (χ4n) is 5.32.